The Balaban J connectivity index is 1.57. The molecule has 0 aliphatic rings. The highest BCUT2D eigenvalue weighted by molar-refractivity contribution is 5.59. The molecular weight excluding hydrogens is 422 g/mol. The fourth-order valence-electron chi connectivity index (χ4n) is 3.40. The lowest BCUT2D eigenvalue weighted by Crippen LogP contribution is -2.39. The van der Waals surface area contributed by atoms with Crippen molar-refractivity contribution in [3.05, 3.63) is 66.0 Å². The van der Waals surface area contributed by atoms with Crippen LogP contribution in [0.1, 0.15) is 18.1 Å². The predicted octanol–water partition coefficient (Wildman–Crippen LogP) is 1.49. The van der Waals surface area contributed by atoms with Crippen LogP contribution in [-0.4, -0.2) is 65.2 Å². The molecule has 0 saturated carbocycles. The van der Waals surface area contributed by atoms with Gasteiger partial charge in [0.1, 0.15) is 0 Å². The Morgan fingerprint density at radius 1 is 1.00 bits per heavy atom. The standard InChI is InChI=1S/C23H27N7O3/c1-2-16-12-26-30-21(16)28-22(27-19(13-31)20(33)14-32)29-23(30)25-11-15-8-9-18(24-10-15)17-6-4-3-5-7-17/h3-10,12,19-20,31-33H,2,11,13-14H2,1H3,(H2,25,27,28,29)/t19-,20-/m0/s1. The molecule has 1 aromatic carbocycles. The number of rotatable bonds is 10. The molecule has 4 rings (SSSR count). The number of fused-ring (bicyclic) bond motifs is 1. The Labute approximate surface area is 191 Å². The summed E-state index contributed by atoms with van der Waals surface area (Å²) in [7, 11) is 0. The molecule has 4 aromatic rings. The van der Waals surface area contributed by atoms with Crippen molar-refractivity contribution < 1.29 is 15.3 Å². The van der Waals surface area contributed by atoms with E-state index in [2.05, 4.69) is 30.7 Å². The number of benzene rings is 1. The van der Waals surface area contributed by atoms with Crippen molar-refractivity contribution >= 4 is 17.5 Å². The number of hydrogen-bond acceptors (Lipinski definition) is 9. The van der Waals surface area contributed by atoms with Crippen molar-refractivity contribution in [3.63, 3.8) is 0 Å². The van der Waals surface area contributed by atoms with Crippen molar-refractivity contribution in [3.8, 4) is 11.3 Å². The summed E-state index contributed by atoms with van der Waals surface area (Å²) in [6.07, 6.45) is 3.12. The molecule has 0 amide bonds. The number of anilines is 2. The molecule has 0 unspecified atom stereocenters. The summed E-state index contributed by atoms with van der Waals surface area (Å²) in [6.45, 7) is 1.58. The number of nitrogens with zero attached hydrogens (tertiary/aromatic N) is 5. The van der Waals surface area contributed by atoms with Crippen LogP contribution in [-0.2, 0) is 13.0 Å². The molecular formula is C23H27N7O3. The summed E-state index contributed by atoms with van der Waals surface area (Å²) in [6, 6.07) is 13.1. The van der Waals surface area contributed by atoms with Gasteiger partial charge in [-0.05, 0) is 18.1 Å². The normalized spacial score (nSPS) is 13.1. The average Bonchev–Trinajstić information content (AvgIpc) is 3.29. The molecule has 0 radical (unpaired) electrons. The van der Waals surface area contributed by atoms with Crippen LogP contribution in [0.25, 0.3) is 16.9 Å². The number of aryl methyl sites for hydroxylation is 1. The summed E-state index contributed by atoms with van der Waals surface area (Å²) in [5.74, 6) is 0.661. The van der Waals surface area contributed by atoms with E-state index in [4.69, 9.17) is 0 Å². The molecule has 172 valence electrons. The number of nitrogens with one attached hydrogen (secondary N) is 2. The fourth-order valence-corrected chi connectivity index (χ4v) is 3.40. The third-order valence-corrected chi connectivity index (χ3v) is 5.33. The summed E-state index contributed by atoms with van der Waals surface area (Å²) in [5, 5.41) is 39.3. The van der Waals surface area contributed by atoms with Crippen LogP contribution >= 0.6 is 0 Å². The van der Waals surface area contributed by atoms with Crippen LogP contribution < -0.4 is 10.6 Å². The van der Waals surface area contributed by atoms with Gasteiger partial charge in [0.2, 0.25) is 11.9 Å². The largest absolute Gasteiger partial charge is 0.394 e. The van der Waals surface area contributed by atoms with E-state index in [1.807, 2.05) is 55.6 Å². The Hall–Kier alpha value is -3.60. The SMILES string of the molecule is CCc1cnn2c(NCc3ccc(-c4ccccc4)nc3)nc(N[C@@H](CO)[C@@H](O)CO)nc12. The predicted molar refractivity (Wildman–Crippen MR) is 125 cm³/mol. The third-order valence-electron chi connectivity index (χ3n) is 5.33. The van der Waals surface area contributed by atoms with E-state index in [1.165, 1.54) is 0 Å². The minimum atomic E-state index is -1.16. The second kappa shape index (κ2) is 10.3. The van der Waals surface area contributed by atoms with Gasteiger partial charge in [0, 0.05) is 23.9 Å². The van der Waals surface area contributed by atoms with Crippen LogP contribution in [0.2, 0.25) is 0 Å². The Morgan fingerprint density at radius 3 is 2.48 bits per heavy atom. The van der Waals surface area contributed by atoms with Crippen molar-refractivity contribution in [2.24, 2.45) is 0 Å². The fraction of sp³-hybridized carbons (Fsp3) is 0.304. The quantitative estimate of drug-likeness (QED) is 0.243. The first kappa shape index (κ1) is 22.6. The molecule has 0 spiro atoms. The topological polar surface area (TPSA) is 141 Å². The minimum absolute atomic E-state index is 0.212. The number of aromatic nitrogens is 5. The smallest absolute Gasteiger partial charge is 0.229 e. The second-order valence-corrected chi connectivity index (χ2v) is 7.58. The third kappa shape index (κ3) is 5.08. The average molecular weight is 450 g/mol. The first-order chi connectivity index (χ1) is 16.1. The van der Waals surface area contributed by atoms with Gasteiger partial charge in [-0.2, -0.15) is 19.6 Å². The maximum atomic E-state index is 9.91. The molecule has 2 atom stereocenters. The van der Waals surface area contributed by atoms with E-state index in [-0.39, 0.29) is 5.95 Å². The van der Waals surface area contributed by atoms with Crippen molar-refractivity contribution in [1.29, 1.82) is 0 Å². The Morgan fingerprint density at radius 2 is 1.82 bits per heavy atom. The van der Waals surface area contributed by atoms with E-state index in [0.29, 0.717) is 18.1 Å². The molecule has 3 aromatic heterocycles. The zero-order chi connectivity index (χ0) is 23.2. The monoisotopic (exact) mass is 449 g/mol. The van der Waals surface area contributed by atoms with E-state index in [1.54, 1.807) is 10.7 Å². The molecule has 3 heterocycles. The zero-order valence-electron chi connectivity index (χ0n) is 18.3. The summed E-state index contributed by atoms with van der Waals surface area (Å²) in [5.41, 5.74) is 4.46. The lowest BCUT2D eigenvalue weighted by Gasteiger charge is -2.21. The Kier molecular flexibility index (Phi) is 7.08. The van der Waals surface area contributed by atoms with Gasteiger partial charge in [0.25, 0.3) is 0 Å². The van der Waals surface area contributed by atoms with E-state index < -0.39 is 25.4 Å². The van der Waals surface area contributed by atoms with E-state index in [0.717, 1.165) is 28.8 Å². The molecule has 0 aliphatic carbocycles. The van der Waals surface area contributed by atoms with Crippen LogP contribution in [0.15, 0.2) is 54.9 Å². The number of hydrogen-bond donors (Lipinski definition) is 5. The molecule has 0 saturated heterocycles. The van der Waals surface area contributed by atoms with Crippen LogP contribution in [0.3, 0.4) is 0 Å². The highest BCUT2D eigenvalue weighted by atomic mass is 16.3. The lowest BCUT2D eigenvalue weighted by molar-refractivity contribution is 0.0610. The van der Waals surface area contributed by atoms with Gasteiger partial charge in [0.15, 0.2) is 5.65 Å². The maximum absolute atomic E-state index is 9.91. The number of aliphatic hydroxyl groups is 3. The molecule has 0 fully saturated rings. The maximum Gasteiger partial charge on any atom is 0.229 e. The second-order valence-electron chi connectivity index (χ2n) is 7.58. The van der Waals surface area contributed by atoms with Crippen molar-refractivity contribution in [2.45, 2.75) is 32.0 Å². The van der Waals surface area contributed by atoms with Gasteiger partial charge in [0.05, 0.1) is 37.3 Å². The molecule has 10 nitrogen and oxygen atoms in total. The highest BCUT2D eigenvalue weighted by Gasteiger charge is 2.20. The van der Waals surface area contributed by atoms with E-state index in [9.17, 15) is 15.3 Å². The molecule has 33 heavy (non-hydrogen) atoms. The van der Waals surface area contributed by atoms with Crippen LogP contribution in [0.5, 0.6) is 0 Å². The van der Waals surface area contributed by atoms with Gasteiger partial charge in [-0.3, -0.25) is 4.98 Å². The van der Waals surface area contributed by atoms with Gasteiger partial charge in [-0.15, -0.1) is 0 Å². The highest BCUT2D eigenvalue weighted by Crippen LogP contribution is 2.19. The van der Waals surface area contributed by atoms with Crippen LogP contribution in [0.4, 0.5) is 11.9 Å². The molecule has 0 aliphatic heterocycles. The number of aliphatic hydroxyl groups excluding tert-OH is 3. The first-order valence-electron chi connectivity index (χ1n) is 10.8. The molecule has 0 bridgehead atoms. The van der Waals surface area contributed by atoms with Crippen molar-refractivity contribution in [2.75, 3.05) is 23.8 Å². The molecule has 10 heteroatoms. The Bertz CT molecular complexity index is 1180. The first-order valence-corrected chi connectivity index (χ1v) is 10.8. The molecule has 5 N–H and O–H groups in total. The van der Waals surface area contributed by atoms with Crippen molar-refractivity contribution in [1.82, 2.24) is 24.6 Å². The van der Waals surface area contributed by atoms with E-state index >= 15 is 0 Å². The number of pyridine rings is 1. The summed E-state index contributed by atoms with van der Waals surface area (Å²) >= 11 is 0. The summed E-state index contributed by atoms with van der Waals surface area (Å²) < 4.78 is 1.62. The van der Waals surface area contributed by atoms with Gasteiger partial charge < -0.3 is 26.0 Å². The summed E-state index contributed by atoms with van der Waals surface area (Å²) in [4.78, 5) is 13.5. The minimum Gasteiger partial charge on any atom is -0.394 e. The zero-order valence-corrected chi connectivity index (χ0v) is 18.3. The van der Waals surface area contributed by atoms with Gasteiger partial charge >= 0.3 is 0 Å². The van der Waals surface area contributed by atoms with Gasteiger partial charge in [-0.25, -0.2) is 0 Å². The van der Waals surface area contributed by atoms with Gasteiger partial charge in [-0.1, -0.05) is 43.3 Å². The van der Waals surface area contributed by atoms with Crippen LogP contribution in [0, 0.1) is 0 Å². The lowest BCUT2D eigenvalue weighted by atomic mass is 10.1.